The van der Waals surface area contributed by atoms with E-state index in [2.05, 4.69) is 20.7 Å². The first-order chi connectivity index (χ1) is 8.56. The van der Waals surface area contributed by atoms with Gasteiger partial charge in [-0.25, -0.2) is 15.6 Å². The lowest BCUT2D eigenvalue weighted by atomic mass is 10.0. The van der Waals surface area contributed by atoms with Gasteiger partial charge in [0.15, 0.2) is 5.82 Å². The molecule has 4 N–H and O–H groups in total. The van der Waals surface area contributed by atoms with Crippen LogP contribution in [-0.2, 0) is 9.53 Å². The Balaban J connectivity index is 2.78. The van der Waals surface area contributed by atoms with Crippen molar-refractivity contribution in [3.05, 3.63) is 12.4 Å². The van der Waals surface area contributed by atoms with Crippen molar-refractivity contribution in [1.29, 1.82) is 0 Å². The summed E-state index contributed by atoms with van der Waals surface area (Å²) in [7, 11) is 1.36. The van der Waals surface area contributed by atoms with Crippen LogP contribution in [0, 0.1) is 5.92 Å². The number of ether oxygens (including phenoxy) is 1. The number of nitrogen functional groups attached to an aromatic ring is 1. The van der Waals surface area contributed by atoms with Crippen LogP contribution in [-0.4, -0.2) is 29.1 Å². The number of hydrogen-bond donors (Lipinski definition) is 3. The van der Waals surface area contributed by atoms with Crippen molar-refractivity contribution in [3.8, 4) is 0 Å². The van der Waals surface area contributed by atoms with E-state index in [1.54, 1.807) is 0 Å². The predicted octanol–water partition coefficient (Wildman–Crippen LogP) is 0.762. The minimum absolute atomic E-state index is 0.323. The molecule has 1 aromatic rings. The third kappa shape index (κ3) is 4.17. The Labute approximate surface area is 106 Å². The van der Waals surface area contributed by atoms with Crippen molar-refractivity contribution in [1.82, 2.24) is 9.97 Å². The van der Waals surface area contributed by atoms with E-state index >= 15 is 0 Å². The van der Waals surface area contributed by atoms with Crippen LogP contribution in [0.1, 0.15) is 20.3 Å². The van der Waals surface area contributed by atoms with Crippen LogP contribution in [0.25, 0.3) is 0 Å². The van der Waals surface area contributed by atoms with Gasteiger partial charge < -0.3 is 15.5 Å². The predicted molar refractivity (Wildman–Crippen MR) is 68.7 cm³/mol. The molecule has 1 unspecified atom stereocenters. The maximum absolute atomic E-state index is 11.6. The number of methoxy groups -OCH3 is 1. The second-order valence-corrected chi connectivity index (χ2v) is 4.28. The minimum Gasteiger partial charge on any atom is -0.467 e. The lowest BCUT2D eigenvalue weighted by molar-refractivity contribution is -0.141. The van der Waals surface area contributed by atoms with E-state index in [1.165, 1.54) is 19.5 Å². The van der Waals surface area contributed by atoms with Crippen molar-refractivity contribution in [2.45, 2.75) is 26.3 Å². The number of nitrogens with one attached hydrogen (secondary N) is 2. The van der Waals surface area contributed by atoms with Crippen LogP contribution < -0.4 is 16.6 Å². The third-order valence-corrected chi connectivity index (χ3v) is 2.30. The lowest BCUT2D eigenvalue weighted by Gasteiger charge is -2.18. The molecule has 1 rings (SSSR count). The van der Waals surface area contributed by atoms with E-state index in [9.17, 15) is 4.79 Å². The van der Waals surface area contributed by atoms with Gasteiger partial charge in [-0.15, -0.1) is 0 Å². The highest BCUT2D eigenvalue weighted by molar-refractivity contribution is 5.78. The Kier molecular flexibility index (Phi) is 5.31. The highest BCUT2D eigenvalue weighted by atomic mass is 16.5. The summed E-state index contributed by atoms with van der Waals surface area (Å²) in [6.45, 7) is 4.06. The second-order valence-electron chi connectivity index (χ2n) is 4.28. The Hall–Kier alpha value is -1.89. The number of hydrogen-bond acceptors (Lipinski definition) is 7. The van der Waals surface area contributed by atoms with Gasteiger partial charge in [0.25, 0.3) is 0 Å². The maximum Gasteiger partial charge on any atom is 0.328 e. The number of carbonyl (C=O) groups excluding carboxylic acids is 1. The number of nitrogens with zero attached hydrogens (tertiary/aromatic N) is 2. The first-order valence-electron chi connectivity index (χ1n) is 5.69. The fourth-order valence-corrected chi connectivity index (χ4v) is 1.51. The zero-order chi connectivity index (χ0) is 13.5. The molecule has 100 valence electrons. The highest BCUT2D eigenvalue weighted by Crippen LogP contribution is 2.13. The number of rotatable bonds is 6. The molecular weight excluding hydrogens is 234 g/mol. The van der Waals surface area contributed by atoms with Crippen LogP contribution in [0.4, 0.5) is 11.6 Å². The van der Waals surface area contributed by atoms with Crippen molar-refractivity contribution in [3.63, 3.8) is 0 Å². The van der Waals surface area contributed by atoms with Crippen molar-refractivity contribution < 1.29 is 9.53 Å². The van der Waals surface area contributed by atoms with E-state index in [1.807, 2.05) is 13.8 Å². The van der Waals surface area contributed by atoms with Gasteiger partial charge in [0.1, 0.15) is 11.9 Å². The van der Waals surface area contributed by atoms with Gasteiger partial charge in [-0.2, -0.15) is 0 Å². The molecule has 1 aromatic heterocycles. The fraction of sp³-hybridized carbons (Fsp3) is 0.545. The maximum atomic E-state index is 11.6. The van der Waals surface area contributed by atoms with Crippen molar-refractivity contribution >= 4 is 17.6 Å². The molecule has 0 aromatic carbocycles. The Bertz CT molecular complexity index is 397. The van der Waals surface area contributed by atoms with E-state index < -0.39 is 6.04 Å². The van der Waals surface area contributed by atoms with Gasteiger partial charge in [-0.05, 0) is 12.3 Å². The fourth-order valence-electron chi connectivity index (χ4n) is 1.51. The molecule has 0 saturated heterocycles. The topological polar surface area (TPSA) is 102 Å². The molecule has 0 spiro atoms. The first kappa shape index (κ1) is 14.2. The van der Waals surface area contributed by atoms with Crippen LogP contribution in [0.15, 0.2) is 12.4 Å². The second kappa shape index (κ2) is 6.75. The highest BCUT2D eigenvalue weighted by Gasteiger charge is 2.20. The molecule has 0 amide bonds. The summed E-state index contributed by atoms with van der Waals surface area (Å²) in [5.74, 6) is 6.17. The number of carbonyl (C=O) groups is 1. The van der Waals surface area contributed by atoms with Crippen LogP contribution in [0.3, 0.4) is 0 Å². The van der Waals surface area contributed by atoms with Crippen LogP contribution in [0.2, 0.25) is 0 Å². The molecule has 0 aliphatic heterocycles. The molecule has 18 heavy (non-hydrogen) atoms. The molecule has 0 radical (unpaired) electrons. The molecule has 1 heterocycles. The number of nitrogens with two attached hydrogens (primary N) is 1. The van der Waals surface area contributed by atoms with Crippen LogP contribution in [0.5, 0.6) is 0 Å². The molecule has 0 aliphatic carbocycles. The molecular formula is C11H19N5O2. The zero-order valence-corrected chi connectivity index (χ0v) is 10.8. The summed E-state index contributed by atoms with van der Waals surface area (Å²) in [6.07, 6.45) is 3.66. The number of esters is 1. The normalized spacial score (nSPS) is 12.1. The van der Waals surface area contributed by atoms with Gasteiger partial charge in [-0.3, -0.25) is 4.98 Å². The average Bonchev–Trinajstić information content (AvgIpc) is 2.36. The molecule has 7 heteroatoms. The van der Waals surface area contributed by atoms with Crippen molar-refractivity contribution in [2.24, 2.45) is 11.8 Å². The largest absolute Gasteiger partial charge is 0.467 e. The van der Waals surface area contributed by atoms with Gasteiger partial charge in [-0.1, -0.05) is 13.8 Å². The van der Waals surface area contributed by atoms with Crippen LogP contribution >= 0.6 is 0 Å². The Morgan fingerprint density at radius 2 is 2.11 bits per heavy atom. The lowest BCUT2D eigenvalue weighted by Crippen LogP contribution is -2.32. The smallest absolute Gasteiger partial charge is 0.328 e. The number of hydrazine groups is 1. The van der Waals surface area contributed by atoms with Gasteiger partial charge >= 0.3 is 5.97 Å². The summed E-state index contributed by atoms with van der Waals surface area (Å²) >= 11 is 0. The number of aromatic nitrogens is 2. The monoisotopic (exact) mass is 253 g/mol. The Morgan fingerprint density at radius 1 is 1.44 bits per heavy atom. The summed E-state index contributed by atoms with van der Waals surface area (Å²) in [5, 5.41) is 2.99. The van der Waals surface area contributed by atoms with E-state index in [0.717, 1.165) is 0 Å². The van der Waals surface area contributed by atoms with Gasteiger partial charge in [0.05, 0.1) is 19.5 Å². The van der Waals surface area contributed by atoms with Gasteiger partial charge in [0, 0.05) is 0 Å². The van der Waals surface area contributed by atoms with Gasteiger partial charge in [0.2, 0.25) is 0 Å². The molecule has 0 fully saturated rings. The van der Waals surface area contributed by atoms with E-state index in [0.29, 0.717) is 24.0 Å². The molecule has 0 bridgehead atoms. The summed E-state index contributed by atoms with van der Waals surface area (Å²) in [5.41, 5.74) is 2.39. The zero-order valence-electron chi connectivity index (χ0n) is 10.8. The molecule has 1 atom stereocenters. The average molecular weight is 253 g/mol. The number of anilines is 2. The summed E-state index contributed by atoms with van der Waals surface area (Å²) in [4.78, 5) is 19.7. The SMILES string of the molecule is COC(=O)C(CC(C)C)Nc1cncc(NN)n1. The standard InChI is InChI=1S/C11H19N5O2/c1-7(2)4-8(11(17)18-3)14-9-5-13-6-10(15-9)16-12/h5-8H,4,12H2,1-3H3,(H2,14,15,16). The summed E-state index contributed by atoms with van der Waals surface area (Å²) in [6, 6.07) is -0.447. The van der Waals surface area contributed by atoms with E-state index in [4.69, 9.17) is 10.6 Å². The molecule has 0 saturated carbocycles. The molecule has 7 nitrogen and oxygen atoms in total. The third-order valence-electron chi connectivity index (χ3n) is 2.30. The molecule has 0 aliphatic rings. The quantitative estimate of drug-likeness (QED) is 0.391. The summed E-state index contributed by atoms with van der Waals surface area (Å²) < 4.78 is 4.75. The first-order valence-corrected chi connectivity index (χ1v) is 5.69. The van der Waals surface area contributed by atoms with Crippen molar-refractivity contribution in [2.75, 3.05) is 17.9 Å². The Morgan fingerprint density at radius 3 is 2.67 bits per heavy atom. The van der Waals surface area contributed by atoms with E-state index in [-0.39, 0.29) is 5.97 Å². The minimum atomic E-state index is -0.447.